The summed E-state index contributed by atoms with van der Waals surface area (Å²) in [6.45, 7) is 2.42. The van der Waals surface area contributed by atoms with E-state index in [1.165, 1.54) is 0 Å². The first-order valence-corrected chi connectivity index (χ1v) is 7.84. The van der Waals surface area contributed by atoms with Gasteiger partial charge in [0, 0.05) is 27.8 Å². The number of carbonyl (C=O) groups excluding carboxylic acids is 1. The summed E-state index contributed by atoms with van der Waals surface area (Å²) in [6.07, 6.45) is 1.34. The molecule has 0 amide bonds. The van der Waals surface area contributed by atoms with Crippen molar-refractivity contribution >= 4 is 53.8 Å². The molecule has 0 aromatic heterocycles. The predicted octanol–water partition coefficient (Wildman–Crippen LogP) is 3.50. The summed E-state index contributed by atoms with van der Waals surface area (Å²) in [7, 11) is 0. The van der Waals surface area contributed by atoms with Crippen LogP contribution in [-0.2, 0) is 9.53 Å². The Kier molecular flexibility index (Phi) is 8.63. The molecule has 0 unspecified atom stereocenters. The van der Waals surface area contributed by atoms with Crippen LogP contribution in [-0.4, -0.2) is 28.6 Å². The fourth-order valence-corrected chi connectivity index (χ4v) is 4.00. The predicted molar refractivity (Wildman–Crippen MR) is 69.7 cm³/mol. The van der Waals surface area contributed by atoms with Gasteiger partial charge in [0.2, 0.25) is 0 Å². The van der Waals surface area contributed by atoms with E-state index in [-0.39, 0.29) is 11.4 Å². The van der Waals surface area contributed by atoms with Crippen LogP contribution >= 0.6 is 47.8 Å². The number of rotatable bonds is 7. The highest BCUT2D eigenvalue weighted by Crippen LogP contribution is 2.26. The molecule has 0 heterocycles. The van der Waals surface area contributed by atoms with E-state index in [2.05, 4.69) is 47.8 Å². The molecule has 0 aliphatic heterocycles. The average Bonchev–Trinajstić information content (AvgIpc) is 2.21. The number of hydrogen-bond acceptors (Lipinski definition) is 2. The number of hydrogen-bond donors (Lipinski definition) is 0. The molecule has 0 bridgehead atoms. The van der Waals surface area contributed by atoms with Gasteiger partial charge < -0.3 is 4.74 Å². The van der Waals surface area contributed by atoms with Crippen molar-refractivity contribution in [1.29, 1.82) is 0 Å². The molecule has 0 aliphatic rings. The first-order valence-electron chi connectivity index (χ1n) is 4.47. The highest BCUT2D eigenvalue weighted by atomic mass is 79.9. The van der Waals surface area contributed by atoms with E-state index >= 15 is 0 Å². The third-order valence-corrected chi connectivity index (χ3v) is 5.41. The van der Waals surface area contributed by atoms with Crippen LogP contribution in [0.15, 0.2) is 0 Å². The van der Waals surface area contributed by atoms with Gasteiger partial charge in [-0.15, -0.1) is 0 Å². The molecule has 0 aromatic carbocycles. The Morgan fingerprint density at radius 2 is 1.71 bits per heavy atom. The minimum atomic E-state index is -0.111. The highest BCUT2D eigenvalue weighted by Gasteiger charge is 2.28. The maximum Gasteiger partial charge on any atom is 0.305 e. The number of esters is 1. The monoisotopic (exact) mass is 392 g/mol. The summed E-state index contributed by atoms with van der Waals surface area (Å²) in [4.78, 5) is 11.2. The smallest absolute Gasteiger partial charge is 0.305 e. The van der Waals surface area contributed by atoms with E-state index in [1.807, 2.05) is 6.92 Å². The van der Waals surface area contributed by atoms with Gasteiger partial charge in [0.25, 0.3) is 0 Å². The van der Waals surface area contributed by atoms with Crippen molar-refractivity contribution in [3.05, 3.63) is 0 Å². The molecule has 5 heteroatoms. The van der Waals surface area contributed by atoms with Crippen LogP contribution in [0.3, 0.4) is 0 Å². The van der Waals surface area contributed by atoms with Crippen LogP contribution in [0.2, 0.25) is 0 Å². The van der Waals surface area contributed by atoms with Gasteiger partial charge in [0.1, 0.15) is 0 Å². The molecule has 0 aliphatic carbocycles. The molecule has 0 aromatic rings. The minimum absolute atomic E-state index is 0.0383. The molecule has 84 valence electrons. The Balaban J connectivity index is 3.99. The third kappa shape index (κ3) is 5.12. The first kappa shape index (κ1) is 14.9. The molecule has 0 atom stereocenters. The summed E-state index contributed by atoms with van der Waals surface area (Å²) in [5, 5.41) is 2.40. The third-order valence-electron chi connectivity index (χ3n) is 1.84. The van der Waals surface area contributed by atoms with Gasteiger partial charge in [-0.25, -0.2) is 0 Å². The Morgan fingerprint density at radius 3 is 2.07 bits per heavy atom. The zero-order valence-electron chi connectivity index (χ0n) is 8.19. The van der Waals surface area contributed by atoms with E-state index in [9.17, 15) is 4.79 Å². The molecular weight excluding hydrogens is 380 g/mol. The summed E-state index contributed by atoms with van der Waals surface area (Å²) in [5.41, 5.74) is -0.0383. The van der Waals surface area contributed by atoms with Gasteiger partial charge >= 0.3 is 5.97 Å². The minimum Gasteiger partial charge on any atom is -0.465 e. The van der Waals surface area contributed by atoms with E-state index in [0.29, 0.717) is 13.0 Å². The van der Waals surface area contributed by atoms with Crippen molar-refractivity contribution in [2.24, 2.45) is 5.41 Å². The lowest BCUT2D eigenvalue weighted by molar-refractivity contribution is -0.146. The number of alkyl halides is 3. The van der Waals surface area contributed by atoms with E-state index in [1.54, 1.807) is 0 Å². The number of carbonyl (C=O) groups is 1. The van der Waals surface area contributed by atoms with Crippen LogP contribution in [0.25, 0.3) is 0 Å². The normalized spacial score (nSPS) is 11.4. The van der Waals surface area contributed by atoms with Crippen molar-refractivity contribution in [1.82, 2.24) is 0 Å². The van der Waals surface area contributed by atoms with Gasteiger partial charge in [-0.3, -0.25) is 4.79 Å². The molecular formula is C9H15Br3O2. The SMILES string of the molecule is CCCC(=O)OCC(CBr)(CBr)CBr. The lowest BCUT2D eigenvalue weighted by Crippen LogP contribution is -2.33. The molecule has 0 N–H and O–H groups in total. The van der Waals surface area contributed by atoms with Gasteiger partial charge in [-0.05, 0) is 6.42 Å². The van der Waals surface area contributed by atoms with Crippen molar-refractivity contribution in [2.45, 2.75) is 19.8 Å². The van der Waals surface area contributed by atoms with E-state index in [4.69, 9.17) is 4.74 Å². The quantitative estimate of drug-likeness (QED) is 0.488. The Labute approximate surface area is 111 Å². The van der Waals surface area contributed by atoms with Gasteiger partial charge in [0.05, 0.1) is 6.61 Å². The summed E-state index contributed by atoms with van der Waals surface area (Å²) in [6, 6.07) is 0. The van der Waals surface area contributed by atoms with Gasteiger partial charge in [-0.1, -0.05) is 54.7 Å². The zero-order chi connectivity index (χ0) is 11.0. The molecule has 2 nitrogen and oxygen atoms in total. The second-order valence-electron chi connectivity index (χ2n) is 3.31. The summed E-state index contributed by atoms with van der Waals surface area (Å²) in [5.74, 6) is -0.111. The summed E-state index contributed by atoms with van der Waals surface area (Å²) < 4.78 is 5.19. The first-order chi connectivity index (χ1) is 6.64. The van der Waals surface area contributed by atoms with Crippen molar-refractivity contribution in [2.75, 3.05) is 22.6 Å². The lowest BCUT2D eigenvalue weighted by atomic mass is 9.98. The van der Waals surface area contributed by atoms with Gasteiger partial charge in [0.15, 0.2) is 0 Å². The maximum absolute atomic E-state index is 11.2. The van der Waals surface area contributed by atoms with Crippen molar-refractivity contribution in [3.63, 3.8) is 0 Å². The largest absolute Gasteiger partial charge is 0.465 e. The van der Waals surface area contributed by atoms with Crippen molar-refractivity contribution in [3.8, 4) is 0 Å². The number of ether oxygens (including phenoxy) is 1. The molecule has 14 heavy (non-hydrogen) atoms. The van der Waals surface area contributed by atoms with Gasteiger partial charge in [-0.2, -0.15) is 0 Å². The second kappa shape index (κ2) is 8.11. The zero-order valence-corrected chi connectivity index (χ0v) is 13.0. The second-order valence-corrected chi connectivity index (χ2v) is 4.99. The molecule has 0 rings (SSSR count). The maximum atomic E-state index is 11.2. The topological polar surface area (TPSA) is 26.3 Å². The Morgan fingerprint density at radius 1 is 1.21 bits per heavy atom. The van der Waals surface area contributed by atoms with Crippen LogP contribution in [0.4, 0.5) is 0 Å². The molecule has 0 fully saturated rings. The van der Waals surface area contributed by atoms with E-state index < -0.39 is 0 Å². The average molecular weight is 395 g/mol. The molecule has 0 saturated heterocycles. The Hall–Kier alpha value is 0.910. The van der Waals surface area contributed by atoms with Crippen LogP contribution in [0.1, 0.15) is 19.8 Å². The van der Waals surface area contributed by atoms with Crippen LogP contribution in [0, 0.1) is 5.41 Å². The van der Waals surface area contributed by atoms with Crippen LogP contribution in [0.5, 0.6) is 0 Å². The standard InChI is InChI=1S/C9H15Br3O2/c1-2-3-8(13)14-7-9(4-10,5-11)6-12/h2-7H2,1H3. The molecule has 0 saturated carbocycles. The fraction of sp³-hybridized carbons (Fsp3) is 0.889. The van der Waals surface area contributed by atoms with Crippen LogP contribution < -0.4 is 0 Å². The number of halogens is 3. The molecule has 0 radical (unpaired) electrons. The fourth-order valence-electron chi connectivity index (χ4n) is 0.733. The highest BCUT2D eigenvalue weighted by molar-refractivity contribution is 9.10. The summed E-state index contributed by atoms with van der Waals surface area (Å²) >= 11 is 10.3. The lowest BCUT2D eigenvalue weighted by Gasteiger charge is -2.26. The Bertz CT molecular complexity index is 161. The van der Waals surface area contributed by atoms with E-state index in [0.717, 1.165) is 22.4 Å². The van der Waals surface area contributed by atoms with Crippen molar-refractivity contribution < 1.29 is 9.53 Å². The molecule has 0 spiro atoms.